The fourth-order valence-electron chi connectivity index (χ4n) is 0.767. The molecular weight excluding hydrogens is 174 g/mol. The minimum Gasteiger partial charge on any atom is -0.375 e. The molecule has 0 spiro atoms. The van der Waals surface area contributed by atoms with Gasteiger partial charge >= 0.3 is 0 Å². The van der Waals surface area contributed by atoms with Crippen molar-refractivity contribution in [2.45, 2.75) is 13.3 Å². The maximum absolute atomic E-state index is 5.46. The van der Waals surface area contributed by atoms with Crippen LogP contribution in [0.2, 0.25) is 0 Å². The summed E-state index contributed by atoms with van der Waals surface area (Å²) in [5.74, 6) is 0. The number of hydroxylamine groups is 1. The van der Waals surface area contributed by atoms with Gasteiger partial charge in [0, 0.05) is 18.3 Å². The smallest absolute Gasteiger partial charge is 0.180 e. The highest BCUT2D eigenvalue weighted by molar-refractivity contribution is 7.13. The highest BCUT2D eigenvalue weighted by atomic mass is 32.1. The van der Waals surface area contributed by atoms with Gasteiger partial charge in [-0.05, 0) is 0 Å². The number of nitrogen functional groups attached to an aromatic ring is 1. The minimum atomic E-state index is 0.619. The Kier molecular flexibility index (Phi) is 3.99. The molecule has 12 heavy (non-hydrogen) atoms. The molecule has 0 saturated heterocycles. The van der Waals surface area contributed by atoms with Gasteiger partial charge in [0.2, 0.25) is 0 Å². The van der Waals surface area contributed by atoms with E-state index in [-0.39, 0.29) is 0 Å². The fraction of sp³-hybridized carbons (Fsp3) is 0.571. The molecule has 0 amide bonds. The summed E-state index contributed by atoms with van der Waals surface area (Å²) in [5.41, 5.74) is 9.23. The normalized spacial score (nSPS) is 10.4. The summed E-state index contributed by atoms with van der Waals surface area (Å²) in [5, 5.41) is 2.57. The molecule has 0 aromatic carbocycles. The maximum Gasteiger partial charge on any atom is 0.180 e. The fourth-order valence-corrected chi connectivity index (χ4v) is 1.36. The Hall–Kier alpha value is -0.650. The number of hydrogen-bond donors (Lipinski definition) is 2. The molecular formula is C7H13N3OS. The average Bonchev–Trinajstić information content (AvgIpc) is 2.45. The maximum atomic E-state index is 5.46. The first kappa shape index (κ1) is 9.44. The van der Waals surface area contributed by atoms with Gasteiger partial charge in [0.1, 0.15) is 0 Å². The number of thiazole rings is 1. The average molecular weight is 187 g/mol. The minimum absolute atomic E-state index is 0.619. The number of aromatic nitrogens is 1. The predicted molar refractivity (Wildman–Crippen MR) is 49.9 cm³/mol. The lowest BCUT2D eigenvalue weighted by molar-refractivity contribution is 0.0465. The van der Waals surface area contributed by atoms with Gasteiger partial charge in [-0.15, -0.1) is 11.3 Å². The molecule has 0 radical (unpaired) electrons. The molecule has 0 unspecified atom stereocenters. The van der Waals surface area contributed by atoms with Crippen molar-refractivity contribution in [1.29, 1.82) is 0 Å². The topological polar surface area (TPSA) is 60.2 Å². The molecule has 0 saturated carbocycles. The molecule has 5 heteroatoms. The summed E-state index contributed by atoms with van der Waals surface area (Å²) in [4.78, 5) is 9.17. The molecule has 0 aliphatic rings. The molecule has 1 aromatic heterocycles. The number of nitrogens with zero attached hydrogens (tertiary/aromatic N) is 1. The molecule has 0 atom stereocenters. The lowest BCUT2D eigenvalue weighted by Gasteiger charge is -2.00. The van der Waals surface area contributed by atoms with E-state index in [0.29, 0.717) is 11.7 Å². The summed E-state index contributed by atoms with van der Waals surface area (Å²) >= 11 is 1.46. The molecule has 0 fully saturated rings. The quantitative estimate of drug-likeness (QED) is 0.529. The summed E-state index contributed by atoms with van der Waals surface area (Å²) in [6.45, 7) is 3.44. The third kappa shape index (κ3) is 3.17. The summed E-state index contributed by atoms with van der Waals surface area (Å²) in [6.07, 6.45) is 0.806. The van der Waals surface area contributed by atoms with E-state index >= 15 is 0 Å². The largest absolute Gasteiger partial charge is 0.375 e. The van der Waals surface area contributed by atoms with Crippen LogP contribution in [0.5, 0.6) is 0 Å². The van der Waals surface area contributed by atoms with E-state index in [1.165, 1.54) is 11.3 Å². The van der Waals surface area contributed by atoms with Crippen molar-refractivity contribution in [2.75, 3.05) is 18.9 Å². The van der Waals surface area contributed by atoms with Crippen LogP contribution in [-0.4, -0.2) is 18.1 Å². The van der Waals surface area contributed by atoms with Crippen LogP contribution in [-0.2, 0) is 11.3 Å². The Morgan fingerprint density at radius 3 is 3.17 bits per heavy atom. The zero-order valence-electron chi connectivity index (χ0n) is 7.04. The second-order valence-corrected chi connectivity index (χ2v) is 3.16. The molecule has 1 heterocycles. The van der Waals surface area contributed by atoms with E-state index < -0.39 is 0 Å². The van der Waals surface area contributed by atoms with Gasteiger partial charge in [-0.3, -0.25) is 0 Å². The second kappa shape index (κ2) is 5.08. The van der Waals surface area contributed by atoms with Gasteiger partial charge in [-0.2, -0.15) is 0 Å². The van der Waals surface area contributed by atoms with Gasteiger partial charge in [0.15, 0.2) is 5.13 Å². The molecule has 4 nitrogen and oxygen atoms in total. The SMILES string of the molecule is CCNOCCc1csc(N)n1. The van der Waals surface area contributed by atoms with Crippen LogP contribution in [0.4, 0.5) is 5.13 Å². The van der Waals surface area contributed by atoms with E-state index in [9.17, 15) is 0 Å². The Balaban J connectivity index is 2.15. The third-order valence-corrected chi connectivity index (χ3v) is 2.00. The third-order valence-electron chi connectivity index (χ3n) is 1.28. The van der Waals surface area contributed by atoms with Gasteiger partial charge in [0.05, 0.1) is 12.3 Å². The standard InChI is InChI=1S/C7H13N3OS/c1-2-9-11-4-3-6-5-12-7(8)10-6/h5,9H,2-4H2,1H3,(H2,8,10). The first-order chi connectivity index (χ1) is 5.83. The van der Waals surface area contributed by atoms with Crippen molar-refractivity contribution in [3.8, 4) is 0 Å². The molecule has 1 rings (SSSR count). The van der Waals surface area contributed by atoms with E-state index in [2.05, 4.69) is 10.5 Å². The molecule has 0 bridgehead atoms. The van der Waals surface area contributed by atoms with Gasteiger partial charge in [0.25, 0.3) is 0 Å². The molecule has 1 aromatic rings. The number of anilines is 1. The monoisotopic (exact) mass is 187 g/mol. The van der Waals surface area contributed by atoms with Gasteiger partial charge in [-0.1, -0.05) is 6.92 Å². The highest BCUT2D eigenvalue weighted by Gasteiger charge is 1.97. The number of hydrogen-bond acceptors (Lipinski definition) is 5. The second-order valence-electron chi connectivity index (χ2n) is 2.27. The first-order valence-electron chi connectivity index (χ1n) is 3.87. The highest BCUT2D eigenvalue weighted by Crippen LogP contribution is 2.10. The Labute approximate surface area is 75.7 Å². The Morgan fingerprint density at radius 1 is 1.75 bits per heavy atom. The molecule has 0 aliphatic carbocycles. The van der Waals surface area contributed by atoms with Crippen LogP contribution in [0.3, 0.4) is 0 Å². The zero-order chi connectivity index (χ0) is 8.81. The van der Waals surface area contributed by atoms with Crippen molar-refractivity contribution >= 4 is 16.5 Å². The molecule has 68 valence electrons. The van der Waals surface area contributed by atoms with Crippen molar-refractivity contribution in [2.24, 2.45) is 0 Å². The zero-order valence-corrected chi connectivity index (χ0v) is 7.86. The van der Waals surface area contributed by atoms with Gasteiger partial charge < -0.3 is 10.6 Å². The Morgan fingerprint density at radius 2 is 2.58 bits per heavy atom. The predicted octanol–water partition coefficient (Wildman–Crippen LogP) is 0.809. The van der Waals surface area contributed by atoms with Crippen LogP contribution in [0.25, 0.3) is 0 Å². The Bertz CT molecular complexity index is 226. The van der Waals surface area contributed by atoms with Crippen LogP contribution >= 0.6 is 11.3 Å². The molecule has 3 N–H and O–H groups in total. The van der Waals surface area contributed by atoms with E-state index in [1.54, 1.807) is 0 Å². The number of nitrogens with one attached hydrogen (secondary N) is 1. The van der Waals surface area contributed by atoms with Crippen LogP contribution in [0.1, 0.15) is 12.6 Å². The van der Waals surface area contributed by atoms with E-state index in [0.717, 1.165) is 18.7 Å². The number of nitrogens with two attached hydrogens (primary N) is 1. The van der Waals surface area contributed by atoms with E-state index in [4.69, 9.17) is 10.6 Å². The van der Waals surface area contributed by atoms with Crippen molar-refractivity contribution in [3.63, 3.8) is 0 Å². The van der Waals surface area contributed by atoms with Crippen LogP contribution < -0.4 is 11.2 Å². The van der Waals surface area contributed by atoms with Crippen LogP contribution in [0, 0.1) is 0 Å². The summed E-state index contributed by atoms with van der Waals surface area (Å²) in [6, 6.07) is 0. The first-order valence-corrected chi connectivity index (χ1v) is 4.75. The van der Waals surface area contributed by atoms with Crippen molar-refractivity contribution in [3.05, 3.63) is 11.1 Å². The van der Waals surface area contributed by atoms with Crippen molar-refractivity contribution < 1.29 is 4.84 Å². The molecule has 0 aliphatic heterocycles. The van der Waals surface area contributed by atoms with Gasteiger partial charge in [-0.25, -0.2) is 10.5 Å². The van der Waals surface area contributed by atoms with E-state index in [1.807, 2.05) is 12.3 Å². The lowest BCUT2D eigenvalue weighted by atomic mass is 10.4. The summed E-state index contributed by atoms with van der Waals surface area (Å²) < 4.78 is 0. The lowest BCUT2D eigenvalue weighted by Crippen LogP contribution is -2.15. The summed E-state index contributed by atoms with van der Waals surface area (Å²) in [7, 11) is 0. The van der Waals surface area contributed by atoms with Crippen LogP contribution in [0.15, 0.2) is 5.38 Å². The number of rotatable bonds is 5. The van der Waals surface area contributed by atoms with Crippen molar-refractivity contribution in [1.82, 2.24) is 10.5 Å².